The Morgan fingerprint density at radius 2 is 2.08 bits per heavy atom. The summed E-state index contributed by atoms with van der Waals surface area (Å²) in [6.45, 7) is 7.14. The zero-order chi connectivity index (χ0) is 18.2. The Labute approximate surface area is 157 Å². The number of aromatic nitrogens is 3. The van der Waals surface area contributed by atoms with Gasteiger partial charge in [0.05, 0.1) is 24.5 Å². The summed E-state index contributed by atoms with van der Waals surface area (Å²) < 4.78 is 13.4. The average Bonchev–Trinajstić information content (AvgIpc) is 2.93. The normalized spacial score (nSPS) is 11.2. The molecule has 25 heavy (non-hydrogen) atoms. The topological polar surface area (TPSA) is 64.4 Å². The van der Waals surface area contributed by atoms with E-state index in [2.05, 4.69) is 22.2 Å². The molecule has 2 aromatic rings. The van der Waals surface area contributed by atoms with Crippen molar-refractivity contribution in [2.45, 2.75) is 40.0 Å². The quantitative estimate of drug-likeness (QED) is 0.507. The van der Waals surface area contributed by atoms with Crippen molar-refractivity contribution < 1.29 is 9.47 Å². The number of hydrogen-bond acceptors (Lipinski definition) is 5. The van der Waals surface area contributed by atoms with Crippen LogP contribution in [0.3, 0.4) is 0 Å². The smallest absolute Gasteiger partial charge is 0.216 e. The lowest BCUT2D eigenvalue weighted by Gasteiger charge is -2.13. The Hall–Kier alpha value is -1.86. The molecule has 1 aromatic carbocycles. The minimum atomic E-state index is 0.457. The van der Waals surface area contributed by atoms with E-state index in [-0.39, 0.29) is 0 Å². The van der Waals surface area contributed by atoms with Crippen molar-refractivity contribution in [1.82, 2.24) is 14.9 Å². The third-order valence-corrected chi connectivity index (χ3v) is 3.84. The molecule has 1 heterocycles. The van der Waals surface area contributed by atoms with Gasteiger partial charge in [-0.3, -0.25) is 5.10 Å². The highest BCUT2D eigenvalue weighted by atomic mass is 35.5. The average molecular weight is 383 g/mol. The molecule has 136 valence electrons. The Morgan fingerprint density at radius 3 is 2.76 bits per heavy atom. The maximum atomic E-state index is 6.37. The van der Waals surface area contributed by atoms with Gasteiger partial charge in [0.2, 0.25) is 4.77 Å². The molecule has 0 radical (unpaired) electrons. The summed E-state index contributed by atoms with van der Waals surface area (Å²) in [5, 5.41) is 11.9. The lowest BCUT2D eigenvalue weighted by Crippen LogP contribution is -2.02. The summed E-state index contributed by atoms with van der Waals surface area (Å²) in [7, 11) is 0. The van der Waals surface area contributed by atoms with E-state index in [9.17, 15) is 0 Å². The predicted octanol–water partition coefficient (Wildman–Crippen LogP) is 4.62. The van der Waals surface area contributed by atoms with Gasteiger partial charge >= 0.3 is 0 Å². The summed E-state index contributed by atoms with van der Waals surface area (Å²) in [6.07, 6.45) is 4.32. The van der Waals surface area contributed by atoms with Crippen molar-refractivity contribution in [3.05, 3.63) is 33.3 Å². The first-order chi connectivity index (χ1) is 12.1. The Morgan fingerprint density at radius 1 is 1.28 bits per heavy atom. The SMILES string of the molecule is CCCOc1c(Cl)cc(/C=N\n2c(CCC)n[nH]c2=S)cc1OCC. The van der Waals surface area contributed by atoms with Crippen LogP contribution in [0, 0.1) is 4.77 Å². The minimum Gasteiger partial charge on any atom is -0.490 e. The lowest BCUT2D eigenvalue weighted by molar-refractivity contribution is 0.277. The van der Waals surface area contributed by atoms with Crippen molar-refractivity contribution in [2.75, 3.05) is 13.2 Å². The van der Waals surface area contributed by atoms with Crippen molar-refractivity contribution in [2.24, 2.45) is 5.10 Å². The molecule has 2 rings (SSSR count). The first kappa shape index (κ1) is 19.5. The van der Waals surface area contributed by atoms with Crippen molar-refractivity contribution in [1.29, 1.82) is 0 Å². The molecular weight excluding hydrogens is 360 g/mol. The standard InChI is InChI=1S/C17H23ClN4O2S/c1-4-7-15-20-21-17(25)22(15)19-11-12-9-13(18)16(24-8-5-2)14(10-12)23-6-3/h9-11H,4-8H2,1-3H3,(H,21,25)/b19-11-. The molecule has 0 fully saturated rings. The van der Waals surface area contributed by atoms with E-state index < -0.39 is 0 Å². The van der Waals surface area contributed by atoms with Crippen LogP contribution in [0.4, 0.5) is 0 Å². The first-order valence-electron chi connectivity index (χ1n) is 8.40. The minimum absolute atomic E-state index is 0.457. The molecule has 0 spiro atoms. The number of aryl methyl sites for hydroxylation is 1. The second-order valence-electron chi connectivity index (χ2n) is 5.36. The predicted molar refractivity (Wildman–Crippen MR) is 103 cm³/mol. The van der Waals surface area contributed by atoms with Gasteiger partial charge in [0.1, 0.15) is 0 Å². The third-order valence-electron chi connectivity index (χ3n) is 3.30. The number of hydrogen-bond donors (Lipinski definition) is 1. The molecule has 8 heteroatoms. The number of rotatable bonds is 9. The number of halogens is 1. The summed E-state index contributed by atoms with van der Waals surface area (Å²) in [5.74, 6) is 1.96. The fourth-order valence-electron chi connectivity index (χ4n) is 2.22. The van der Waals surface area contributed by atoms with Crippen LogP contribution in [-0.4, -0.2) is 34.3 Å². The maximum Gasteiger partial charge on any atom is 0.216 e. The van der Waals surface area contributed by atoms with Crippen molar-refractivity contribution >= 4 is 30.0 Å². The molecule has 0 aliphatic rings. The highest BCUT2D eigenvalue weighted by Crippen LogP contribution is 2.36. The van der Waals surface area contributed by atoms with E-state index in [1.165, 1.54) is 0 Å². The van der Waals surface area contributed by atoms with Gasteiger partial charge in [-0.05, 0) is 49.7 Å². The molecule has 0 saturated carbocycles. The fourth-order valence-corrected chi connectivity index (χ4v) is 2.69. The second-order valence-corrected chi connectivity index (χ2v) is 6.16. The van der Waals surface area contributed by atoms with E-state index in [4.69, 9.17) is 33.3 Å². The molecule has 1 aromatic heterocycles. The van der Waals surface area contributed by atoms with E-state index in [1.54, 1.807) is 17.0 Å². The van der Waals surface area contributed by atoms with Gasteiger partial charge in [0, 0.05) is 6.42 Å². The second kappa shape index (κ2) is 9.58. The van der Waals surface area contributed by atoms with Crippen LogP contribution in [0.1, 0.15) is 45.0 Å². The van der Waals surface area contributed by atoms with Gasteiger partial charge in [-0.25, -0.2) is 0 Å². The van der Waals surface area contributed by atoms with E-state index in [0.717, 1.165) is 30.7 Å². The molecule has 0 saturated heterocycles. The van der Waals surface area contributed by atoms with Crippen LogP contribution in [0.15, 0.2) is 17.2 Å². The van der Waals surface area contributed by atoms with Crippen LogP contribution in [0.2, 0.25) is 5.02 Å². The summed E-state index contributed by atoms with van der Waals surface area (Å²) in [6, 6.07) is 3.65. The van der Waals surface area contributed by atoms with Gasteiger partial charge in [-0.15, -0.1) is 0 Å². The van der Waals surface area contributed by atoms with Gasteiger partial charge in [0.15, 0.2) is 17.3 Å². The summed E-state index contributed by atoms with van der Waals surface area (Å²) in [4.78, 5) is 0. The molecule has 1 N–H and O–H groups in total. The summed E-state index contributed by atoms with van der Waals surface area (Å²) in [5.41, 5.74) is 0.794. The van der Waals surface area contributed by atoms with Crippen molar-refractivity contribution in [3.63, 3.8) is 0 Å². The Balaban J connectivity index is 2.33. The van der Waals surface area contributed by atoms with Crippen molar-refractivity contribution in [3.8, 4) is 11.5 Å². The van der Waals surface area contributed by atoms with Crippen LogP contribution >= 0.6 is 23.8 Å². The number of ether oxygens (including phenoxy) is 2. The molecule has 0 aliphatic heterocycles. The van der Waals surface area contributed by atoms with E-state index in [0.29, 0.717) is 34.5 Å². The van der Waals surface area contributed by atoms with Crippen LogP contribution in [0.25, 0.3) is 0 Å². The fraction of sp³-hybridized carbons (Fsp3) is 0.471. The monoisotopic (exact) mass is 382 g/mol. The first-order valence-corrected chi connectivity index (χ1v) is 9.19. The molecule has 6 nitrogen and oxygen atoms in total. The Bertz CT molecular complexity index is 785. The maximum absolute atomic E-state index is 6.37. The van der Waals surface area contributed by atoms with E-state index in [1.807, 2.05) is 19.9 Å². The largest absolute Gasteiger partial charge is 0.490 e. The molecule has 0 bridgehead atoms. The van der Waals surface area contributed by atoms with Gasteiger partial charge in [0.25, 0.3) is 0 Å². The zero-order valence-corrected chi connectivity index (χ0v) is 16.3. The molecular formula is C17H23ClN4O2S. The number of benzene rings is 1. The highest BCUT2D eigenvalue weighted by molar-refractivity contribution is 7.71. The number of nitrogens with zero attached hydrogens (tertiary/aromatic N) is 3. The summed E-state index contributed by atoms with van der Waals surface area (Å²) >= 11 is 11.6. The van der Waals surface area contributed by atoms with Gasteiger partial charge < -0.3 is 9.47 Å². The van der Waals surface area contributed by atoms with Crippen LogP contribution < -0.4 is 9.47 Å². The molecule has 0 atom stereocenters. The van der Waals surface area contributed by atoms with Gasteiger partial charge in [-0.1, -0.05) is 25.4 Å². The van der Waals surface area contributed by atoms with E-state index >= 15 is 0 Å². The molecule has 0 unspecified atom stereocenters. The van der Waals surface area contributed by atoms with Gasteiger partial charge in [-0.2, -0.15) is 14.9 Å². The molecule has 0 amide bonds. The number of H-pyrrole nitrogens is 1. The lowest BCUT2D eigenvalue weighted by atomic mass is 10.2. The molecule has 0 aliphatic carbocycles. The van der Waals surface area contributed by atoms with Crippen LogP contribution in [0.5, 0.6) is 11.5 Å². The van der Waals surface area contributed by atoms with Crippen LogP contribution in [-0.2, 0) is 6.42 Å². The number of nitrogens with one attached hydrogen (secondary N) is 1. The number of aromatic amines is 1. The Kier molecular flexibility index (Phi) is 7.46. The zero-order valence-electron chi connectivity index (χ0n) is 14.7. The third kappa shape index (κ3) is 5.06. The highest BCUT2D eigenvalue weighted by Gasteiger charge is 2.12.